The highest BCUT2D eigenvalue weighted by molar-refractivity contribution is 6.30. The molecular weight excluding hydrogens is 268 g/mol. The molecule has 2 amide bonds. The van der Waals surface area contributed by atoms with Crippen molar-refractivity contribution in [1.29, 1.82) is 0 Å². The molecule has 100 valence electrons. The van der Waals surface area contributed by atoms with Gasteiger partial charge in [-0.2, -0.15) is 0 Å². The molecule has 0 spiro atoms. The Morgan fingerprint density at radius 1 is 1.11 bits per heavy atom. The summed E-state index contributed by atoms with van der Waals surface area (Å²) in [5.74, 6) is -1.40. The molecule has 0 aliphatic rings. The summed E-state index contributed by atoms with van der Waals surface area (Å²) < 4.78 is 0. The van der Waals surface area contributed by atoms with Crippen molar-refractivity contribution in [3.05, 3.63) is 41.1 Å². The third kappa shape index (κ3) is 4.93. The highest BCUT2D eigenvalue weighted by atomic mass is 35.5. The molecule has 0 saturated heterocycles. The Labute approximate surface area is 115 Å². The molecule has 0 aliphatic heterocycles. The van der Waals surface area contributed by atoms with Gasteiger partial charge < -0.3 is 10.6 Å². The molecule has 0 saturated carbocycles. The quantitative estimate of drug-likeness (QED) is 0.502. The molecule has 1 aromatic carbocycles. The molecular formula is C13H13ClN2O3. The number of nitrogens with one attached hydrogen (secondary N) is 2. The highest BCUT2D eigenvalue weighted by Crippen LogP contribution is 2.14. The first-order chi connectivity index (χ1) is 8.90. The van der Waals surface area contributed by atoms with Crippen LogP contribution in [0, 0.1) is 0 Å². The summed E-state index contributed by atoms with van der Waals surface area (Å²) in [6.07, 6.45) is 1.09. The number of benzene rings is 1. The van der Waals surface area contributed by atoms with Crippen molar-refractivity contribution in [3.8, 4) is 0 Å². The van der Waals surface area contributed by atoms with E-state index < -0.39 is 11.7 Å². The van der Waals surface area contributed by atoms with Gasteiger partial charge in [0.05, 0.1) is 5.57 Å². The molecule has 0 aliphatic carbocycles. The minimum absolute atomic E-state index is 0.134. The number of carbonyl (C=O) groups excluding carboxylic acids is 3. The van der Waals surface area contributed by atoms with Gasteiger partial charge in [0.2, 0.25) is 5.91 Å². The van der Waals surface area contributed by atoms with Crippen LogP contribution in [0.25, 0.3) is 0 Å². The van der Waals surface area contributed by atoms with Crippen LogP contribution in [-0.2, 0) is 14.4 Å². The van der Waals surface area contributed by atoms with Crippen LogP contribution < -0.4 is 10.6 Å². The second-order valence-corrected chi connectivity index (χ2v) is 4.21. The number of ketones is 1. The van der Waals surface area contributed by atoms with Crippen LogP contribution in [0.4, 0.5) is 5.69 Å². The molecule has 19 heavy (non-hydrogen) atoms. The first-order valence-electron chi connectivity index (χ1n) is 5.45. The lowest BCUT2D eigenvalue weighted by Gasteiger charge is -2.06. The predicted octanol–water partition coefficient (Wildman–Crippen LogP) is 1.89. The van der Waals surface area contributed by atoms with E-state index in [1.807, 2.05) is 0 Å². The van der Waals surface area contributed by atoms with E-state index in [1.165, 1.54) is 13.8 Å². The first kappa shape index (κ1) is 14.9. The maximum absolute atomic E-state index is 11.9. The Morgan fingerprint density at radius 3 is 2.16 bits per heavy atom. The number of amides is 2. The van der Waals surface area contributed by atoms with Gasteiger partial charge in [-0.1, -0.05) is 11.6 Å². The number of hydrogen-bond acceptors (Lipinski definition) is 3. The number of Topliss-reactive ketones (excluding diaryl/α,β-unsaturated/α-hetero) is 1. The third-order valence-electron chi connectivity index (χ3n) is 2.15. The maximum Gasteiger partial charge on any atom is 0.260 e. The zero-order chi connectivity index (χ0) is 14.4. The van der Waals surface area contributed by atoms with Crippen LogP contribution in [0.5, 0.6) is 0 Å². The average molecular weight is 281 g/mol. The molecule has 1 aromatic rings. The van der Waals surface area contributed by atoms with Crippen LogP contribution in [-0.4, -0.2) is 17.6 Å². The molecule has 0 atom stereocenters. The minimum Gasteiger partial charge on any atom is -0.332 e. The van der Waals surface area contributed by atoms with E-state index in [1.54, 1.807) is 24.3 Å². The van der Waals surface area contributed by atoms with Gasteiger partial charge in [0.15, 0.2) is 5.78 Å². The Balaban J connectivity index is 2.83. The fourth-order valence-electron chi connectivity index (χ4n) is 1.23. The highest BCUT2D eigenvalue weighted by Gasteiger charge is 2.14. The smallest absolute Gasteiger partial charge is 0.260 e. The predicted molar refractivity (Wildman–Crippen MR) is 72.7 cm³/mol. The Kier molecular flexibility index (Phi) is 5.26. The van der Waals surface area contributed by atoms with E-state index in [9.17, 15) is 14.4 Å². The maximum atomic E-state index is 11.9. The second-order valence-electron chi connectivity index (χ2n) is 3.78. The fraction of sp³-hybridized carbons (Fsp3) is 0.154. The van der Waals surface area contributed by atoms with Crippen LogP contribution >= 0.6 is 11.6 Å². The van der Waals surface area contributed by atoms with Crippen molar-refractivity contribution in [2.24, 2.45) is 0 Å². The van der Waals surface area contributed by atoms with Gasteiger partial charge in [-0.3, -0.25) is 14.4 Å². The first-order valence-corrected chi connectivity index (χ1v) is 5.83. The molecule has 6 heteroatoms. The Bertz CT molecular complexity index is 535. The van der Waals surface area contributed by atoms with E-state index >= 15 is 0 Å². The van der Waals surface area contributed by atoms with Crippen LogP contribution in [0.15, 0.2) is 36.0 Å². The topological polar surface area (TPSA) is 75.3 Å². The van der Waals surface area contributed by atoms with Crippen LogP contribution in [0.1, 0.15) is 13.8 Å². The number of halogens is 1. The van der Waals surface area contributed by atoms with Gasteiger partial charge in [0.1, 0.15) is 0 Å². The molecule has 0 radical (unpaired) electrons. The van der Waals surface area contributed by atoms with Crippen LogP contribution in [0.3, 0.4) is 0 Å². The summed E-state index contributed by atoms with van der Waals surface area (Å²) in [6, 6.07) is 6.44. The van der Waals surface area contributed by atoms with Gasteiger partial charge in [-0.15, -0.1) is 0 Å². The molecule has 0 fully saturated rings. The summed E-state index contributed by atoms with van der Waals surface area (Å²) in [5, 5.41) is 5.38. The summed E-state index contributed by atoms with van der Waals surface area (Å²) in [5.41, 5.74) is 0.370. The van der Waals surface area contributed by atoms with Crippen molar-refractivity contribution in [2.75, 3.05) is 5.32 Å². The fourth-order valence-corrected chi connectivity index (χ4v) is 1.36. The summed E-state index contributed by atoms with van der Waals surface area (Å²) in [7, 11) is 0. The third-order valence-corrected chi connectivity index (χ3v) is 2.40. The lowest BCUT2D eigenvalue weighted by atomic mass is 10.2. The standard InChI is InChI=1S/C13H13ClN2O3/c1-8(17)12(7-15-9(2)18)13(19)16-11-5-3-10(14)4-6-11/h3-7H,1-2H3,(H,15,18)(H,16,19). The zero-order valence-electron chi connectivity index (χ0n) is 10.5. The van der Waals surface area contributed by atoms with Gasteiger partial charge in [0.25, 0.3) is 5.91 Å². The molecule has 0 bridgehead atoms. The monoisotopic (exact) mass is 280 g/mol. The number of hydrogen-bond donors (Lipinski definition) is 2. The van der Waals surface area contributed by atoms with E-state index in [4.69, 9.17) is 11.6 Å². The lowest BCUT2D eigenvalue weighted by Crippen LogP contribution is -2.23. The molecule has 1 rings (SSSR count). The van der Waals surface area contributed by atoms with Crippen molar-refractivity contribution < 1.29 is 14.4 Å². The Hall–Kier alpha value is -2.14. The normalized spacial score (nSPS) is 10.8. The number of carbonyl (C=O) groups is 3. The minimum atomic E-state index is -0.594. The van der Waals surface area contributed by atoms with Crippen molar-refractivity contribution in [2.45, 2.75) is 13.8 Å². The summed E-state index contributed by atoms with van der Waals surface area (Å²) in [6.45, 7) is 2.53. The van der Waals surface area contributed by atoms with Crippen molar-refractivity contribution in [1.82, 2.24) is 5.32 Å². The van der Waals surface area contributed by atoms with Gasteiger partial charge in [-0.25, -0.2) is 0 Å². The largest absolute Gasteiger partial charge is 0.332 e. The van der Waals surface area contributed by atoms with Gasteiger partial charge in [-0.05, 0) is 31.2 Å². The van der Waals surface area contributed by atoms with Gasteiger partial charge in [0, 0.05) is 23.8 Å². The molecule has 0 aromatic heterocycles. The average Bonchev–Trinajstić information content (AvgIpc) is 2.31. The van der Waals surface area contributed by atoms with E-state index in [0.717, 1.165) is 6.20 Å². The molecule has 2 N–H and O–H groups in total. The molecule has 0 unspecified atom stereocenters. The number of anilines is 1. The van der Waals surface area contributed by atoms with Crippen molar-refractivity contribution >= 4 is 34.9 Å². The van der Waals surface area contributed by atoms with Gasteiger partial charge >= 0.3 is 0 Å². The summed E-state index contributed by atoms with van der Waals surface area (Å²) in [4.78, 5) is 34.0. The Morgan fingerprint density at radius 2 is 1.68 bits per heavy atom. The van der Waals surface area contributed by atoms with Crippen LogP contribution in [0.2, 0.25) is 5.02 Å². The molecule has 0 heterocycles. The van der Waals surface area contributed by atoms with E-state index in [2.05, 4.69) is 10.6 Å². The van der Waals surface area contributed by atoms with E-state index in [-0.39, 0.29) is 11.5 Å². The lowest BCUT2D eigenvalue weighted by molar-refractivity contribution is -0.118. The summed E-state index contributed by atoms with van der Waals surface area (Å²) >= 11 is 5.72. The SMILES string of the molecule is CC(=O)NC=C(C(C)=O)C(=O)Nc1ccc(Cl)cc1. The molecule has 5 nitrogen and oxygen atoms in total. The second kappa shape index (κ2) is 6.70. The number of rotatable bonds is 4. The zero-order valence-corrected chi connectivity index (χ0v) is 11.2. The van der Waals surface area contributed by atoms with E-state index in [0.29, 0.717) is 10.7 Å². The van der Waals surface area contributed by atoms with Crippen molar-refractivity contribution in [3.63, 3.8) is 0 Å².